The van der Waals surface area contributed by atoms with E-state index in [1.54, 1.807) is 0 Å². The molecule has 0 aromatic heterocycles. The van der Waals surface area contributed by atoms with Crippen LogP contribution in [0.1, 0.15) is 73.1 Å². The van der Waals surface area contributed by atoms with Gasteiger partial charge in [0.05, 0.1) is 38.4 Å². The molecule has 0 amide bonds. The highest BCUT2D eigenvalue weighted by atomic mass is 16.7. The molecule has 0 radical (unpaired) electrons. The van der Waals surface area contributed by atoms with E-state index < -0.39 is 5.79 Å². The van der Waals surface area contributed by atoms with E-state index >= 15 is 0 Å². The molecule has 2 aliphatic heterocycles. The molecular weight excluding hydrogens is 388 g/mol. The topological polar surface area (TPSA) is 80.3 Å². The first-order chi connectivity index (χ1) is 14.1. The highest BCUT2D eigenvalue weighted by molar-refractivity contribution is 5.70. The molecule has 7 nitrogen and oxygen atoms in total. The molecule has 0 N–H and O–H groups in total. The van der Waals surface area contributed by atoms with Crippen molar-refractivity contribution in [1.29, 1.82) is 0 Å². The molecule has 2 fully saturated rings. The molecular formula is C23H40O7. The smallest absolute Gasteiger partial charge is 0.305 e. The van der Waals surface area contributed by atoms with Gasteiger partial charge in [-0.3, -0.25) is 9.59 Å². The highest BCUT2D eigenvalue weighted by Crippen LogP contribution is 2.31. The lowest BCUT2D eigenvalue weighted by Crippen LogP contribution is -2.41. The fraction of sp³-hybridized carbons (Fsp3) is 0.913. The maximum absolute atomic E-state index is 12.1. The van der Waals surface area contributed by atoms with Crippen molar-refractivity contribution in [2.24, 2.45) is 17.8 Å². The number of hydrogen-bond acceptors (Lipinski definition) is 7. The first-order valence-electron chi connectivity index (χ1n) is 11.3. The summed E-state index contributed by atoms with van der Waals surface area (Å²) in [6.45, 7) is 12.5. The van der Waals surface area contributed by atoms with Crippen molar-refractivity contribution < 1.29 is 33.3 Å². The largest absolute Gasteiger partial charge is 0.465 e. The van der Waals surface area contributed by atoms with Crippen LogP contribution in [0.5, 0.6) is 0 Å². The predicted molar refractivity (Wildman–Crippen MR) is 112 cm³/mol. The molecule has 174 valence electrons. The van der Waals surface area contributed by atoms with Gasteiger partial charge in [-0.1, -0.05) is 20.8 Å². The zero-order valence-electron chi connectivity index (χ0n) is 19.4. The molecule has 30 heavy (non-hydrogen) atoms. The number of carbonyl (C=O) groups is 2. The van der Waals surface area contributed by atoms with Gasteiger partial charge in [-0.25, -0.2) is 0 Å². The van der Waals surface area contributed by atoms with E-state index in [-0.39, 0.29) is 43.1 Å². The predicted octanol–water partition coefficient (Wildman–Crippen LogP) is 3.87. The Kier molecular flexibility index (Phi) is 9.57. The summed E-state index contributed by atoms with van der Waals surface area (Å²) in [5.41, 5.74) is -0.229. The van der Waals surface area contributed by atoms with Crippen molar-refractivity contribution in [3.05, 3.63) is 0 Å². The van der Waals surface area contributed by atoms with Crippen molar-refractivity contribution in [3.8, 4) is 0 Å². The summed E-state index contributed by atoms with van der Waals surface area (Å²) in [5, 5.41) is 0. The van der Waals surface area contributed by atoms with Crippen LogP contribution < -0.4 is 0 Å². The van der Waals surface area contributed by atoms with Gasteiger partial charge in [0.1, 0.15) is 0 Å². The summed E-state index contributed by atoms with van der Waals surface area (Å²) in [7, 11) is 0. The lowest BCUT2D eigenvalue weighted by atomic mass is 9.87. The third-order valence-corrected chi connectivity index (χ3v) is 5.93. The van der Waals surface area contributed by atoms with Crippen LogP contribution in [0, 0.1) is 17.8 Å². The van der Waals surface area contributed by atoms with Gasteiger partial charge in [0, 0.05) is 31.3 Å². The van der Waals surface area contributed by atoms with Crippen LogP contribution in [0.25, 0.3) is 0 Å². The van der Waals surface area contributed by atoms with Crippen molar-refractivity contribution >= 4 is 11.9 Å². The molecule has 3 unspecified atom stereocenters. The first kappa shape index (κ1) is 25.1. The van der Waals surface area contributed by atoms with Gasteiger partial charge >= 0.3 is 11.9 Å². The molecule has 2 aliphatic rings. The Bertz CT molecular complexity index is 498. The van der Waals surface area contributed by atoms with Crippen molar-refractivity contribution in [3.63, 3.8) is 0 Å². The Morgan fingerprint density at radius 3 is 1.97 bits per heavy atom. The van der Waals surface area contributed by atoms with Crippen LogP contribution in [-0.4, -0.2) is 56.4 Å². The van der Waals surface area contributed by atoms with Gasteiger partial charge in [-0.05, 0) is 39.0 Å². The van der Waals surface area contributed by atoms with E-state index in [4.69, 9.17) is 23.7 Å². The van der Waals surface area contributed by atoms with Gasteiger partial charge in [-0.2, -0.15) is 0 Å². The van der Waals surface area contributed by atoms with E-state index in [1.165, 1.54) is 0 Å². The zero-order chi connectivity index (χ0) is 22.2. The van der Waals surface area contributed by atoms with Crippen LogP contribution in [0.2, 0.25) is 0 Å². The molecule has 0 bridgehead atoms. The number of ether oxygens (including phenoxy) is 5. The van der Waals surface area contributed by atoms with E-state index in [2.05, 4.69) is 20.8 Å². The maximum atomic E-state index is 12.1. The van der Waals surface area contributed by atoms with Crippen LogP contribution in [0.3, 0.4) is 0 Å². The second kappa shape index (κ2) is 11.4. The normalized spacial score (nSPS) is 33.0. The van der Waals surface area contributed by atoms with E-state index in [1.807, 2.05) is 13.8 Å². The summed E-state index contributed by atoms with van der Waals surface area (Å²) in [4.78, 5) is 24.1. The Morgan fingerprint density at radius 1 is 0.900 bits per heavy atom. The minimum Gasteiger partial charge on any atom is -0.465 e. The van der Waals surface area contributed by atoms with E-state index in [0.29, 0.717) is 44.3 Å². The zero-order valence-corrected chi connectivity index (χ0v) is 19.4. The van der Waals surface area contributed by atoms with Crippen molar-refractivity contribution in [2.45, 2.75) is 84.5 Å². The Labute approximate surface area is 181 Å². The number of carbonyl (C=O) groups excluding carboxylic acids is 2. The summed E-state index contributed by atoms with van der Waals surface area (Å²) in [5.74, 6) is -0.345. The lowest BCUT2D eigenvalue weighted by molar-refractivity contribution is -0.274. The average Bonchev–Trinajstić information content (AvgIpc) is 2.72. The molecule has 0 aliphatic carbocycles. The van der Waals surface area contributed by atoms with Gasteiger partial charge in [0.25, 0.3) is 0 Å². The van der Waals surface area contributed by atoms with Gasteiger partial charge in [-0.15, -0.1) is 0 Å². The molecule has 0 aromatic rings. The first-order valence-corrected chi connectivity index (χ1v) is 11.3. The minimum absolute atomic E-state index is 0.0566. The quantitative estimate of drug-likeness (QED) is 0.489. The molecule has 7 heteroatoms. The Hall–Kier alpha value is -1.18. The van der Waals surface area contributed by atoms with Gasteiger partial charge < -0.3 is 23.7 Å². The molecule has 2 rings (SSSR count). The van der Waals surface area contributed by atoms with Crippen LogP contribution in [-0.2, 0) is 33.3 Å². The third kappa shape index (κ3) is 8.90. The standard InChI is InChI=1S/C23H40O7/c1-17-6-9-22(4,28-14-17)10-7-20(24)26-12-18(2)13-27-21(25)8-11-23(5)29-15-19(3)16-30-23/h17-19H,6-16H2,1-5H3. The molecule has 0 saturated carbocycles. The highest BCUT2D eigenvalue weighted by Gasteiger charge is 2.33. The maximum Gasteiger partial charge on any atom is 0.305 e. The molecule has 0 aromatic carbocycles. The van der Waals surface area contributed by atoms with Crippen LogP contribution >= 0.6 is 0 Å². The SMILES string of the molecule is CC(COC(=O)CCC1(C)CCC(C)CO1)COC(=O)CCC1(C)OCC(C)CO1. The lowest BCUT2D eigenvalue weighted by Gasteiger charge is -2.36. The Morgan fingerprint density at radius 2 is 1.43 bits per heavy atom. The minimum atomic E-state index is -0.719. The second-order valence-corrected chi connectivity index (χ2v) is 9.74. The molecule has 3 atom stereocenters. The summed E-state index contributed by atoms with van der Waals surface area (Å²) >= 11 is 0. The van der Waals surface area contributed by atoms with Crippen molar-refractivity contribution in [2.75, 3.05) is 33.0 Å². The summed E-state index contributed by atoms with van der Waals surface area (Å²) in [6.07, 6.45) is 3.81. The molecule has 2 saturated heterocycles. The van der Waals surface area contributed by atoms with Crippen LogP contribution in [0.15, 0.2) is 0 Å². The fourth-order valence-corrected chi connectivity index (χ4v) is 3.48. The number of hydrogen-bond donors (Lipinski definition) is 0. The average molecular weight is 429 g/mol. The fourth-order valence-electron chi connectivity index (χ4n) is 3.48. The Balaban J connectivity index is 1.55. The summed E-state index contributed by atoms with van der Waals surface area (Å²) < 4.78 is 28.0. The summed E-state index contributed by atoms with van der Waals surface area (Å²) in [6, 6.07) is 0. The van der Waals surface area contributed by atoms with Crippen LogP contribution in [0.4, 0.5) is 0 Å². The number of esters is 2. The van der Waals surface area contributed by atoms with E-state index in [0.717, 1.165) is 19.4 Å². The van der Waals surface area contributed by atoms with Gasteiger partial charge in [0.15, 0.2) is 5.79 Å². The molecule has 0 spiro atoms. The second-order valence-electron chi connectivity index (χ2n) is 9.74. The molecule has 2 heterocycles. The van der Waals surface area contributed by atoms with Crippen molar-refractivity contribution in [1.82, 2.24) is 0 Å². The third-order valence-electron chi connectivity index (χ3n) is 5.93. The number of rotatable bonds is 10. The monoisotopic (exact) mass is 428 g/mol. The van der Waals surface area contributed by atoms with E-state index in [9.17, 15) is 9.59 Å². The van der Waals surface area contributed by atoms with Gasteiger partial charge in [0.2, 0.25) is 0 Å².